The van der Waals surface area contributed by atoms with Gasteiger partial charge in [0, 0.05) is 18.3 Å². The molecule has 0 aromatic carbocycles. The van der Waals surface area contributed by atoms with Crippen LogP contribution in [0.15, 0.2) is 6.20 Å². The molecular weight excluding hydrogens is 230 g/mol. The maximum absolute atomic E-state index is 5.82. The van der Waals surface area contributed by atoms with E-state index >= 15 is 0 Å². The van der Waals surface area contributed by atoms with E-state index in [0.717, 1.165) is 31.0 Å². The minimum atomic E-state index is 0.363. The van der Waals surface area contributed by atoms with Gasteiger partial charge in [0.05, 0.1) is 18.8 Å². The van der Waals surface area contributed by atoms with Crippen LogP contribution in [0.25, 0.3) is 0 Å². The summed E-state index contributed by atoms with van der Waals surface area (Å²) in [5, 5.41) is 0. The zero-order valence-electron chi connectivity index (χ0n) is 10.6. The van der Waals surface area contributed by atoms with Crippen LogP contribution in [0.2, 0.25) is 0 Å². The molecule has 3 rings (SSSR count). The van der Waals surface area contributed by atoms with Gasteiger partial charge in [0.25, 0.3) is 0 Å². The van der Waals surface area contributed by atoms with Crippen LogP contribution >= 0.6 is 0 Å². The molecule has 3 N–H and O–H groups in total. The molecule has 2 unspecified atom stereocenters. The number of aryl methyl sites for hydroxylation is 1. The third kappa shape index (κ3) is 1.91. The molecule has 6 nitrogen and oxygen atoms in total. The number of nitrogens with two attached hydrogens (primary N) is 1. The average molecular weight is 249 g/mol. The Hall–Kier alpha value is -1.40. The number of anilines is 2. The van der Waals surface area contributed by atoms with Gasteiger partial charge in [-0.25, -0.2) is 10.8 Å². The minimum Gasteiger partial charge on any atom is -0.374 e. The summed E-state index contributed by atoms with van der Waals surface area (Å²) in [5.74, 6) is 6.84. The summed E-state index contributed by atoms with van der Waals surface area (Å²) >= 11 is 0. The Kier molecular flexibility index (Phi) is 3.05. The fourth-order valence-corrected chi connectivity index (χ4v) is 2.98. The van der Waals surface area contributed by atoms with Crippen LogP contribution in [0.5, 0.6) is 0 Å². The molecule has 2 heterocycles. The molecule has 0 amide bonds. The Morgan fingerprint density at radius 1 is 1.50 bits per heavy atom. The van der Waals surface area contributed by atoms with Gasteiger partial charge in [0.1, 0.15) is 5.82 Å². The standard InChI is InChI=1S/C12H19N5O/c1-8-7-14-12(16-13)15-11(8)17-5-6-18-10-4-2-3-9(10)17/h7,9-10H,2-6,13H2,1H3,(H,14,15,16). The minimum absolute atomic E-state index is 0.363. The molecule has 1 saturated carbocycles. The van der Waals surface area contributed by atoms with Gasteiger partial charge in [0.15, 0.2) is 0 Å². The van der Waals surface area contributed by atoms with Crippen LogP contribution in [0.1, 0.15) is 24.8 Å². The molecule has 1 aromatic heterocycles. The zero-order chi connectivity index (χ0) is 12.5. The molecular formula is C12H19N5O. The van der Waals surface area contributed by atoms with Crippen molar-refractivity contribution in [2.75, 3.05) is 23.5 Å². The van der Waals surface area contributed by atoms with Gasteiger partial charge in [-0.1, -0.05) is 0 Å². The second-order valence-corrected chi connectivity index (χ2v) is 4.95. The highest BCUT2D eigenvalue weighted by Crippen LogP contribution is 2.33. The molecule has 0 spiro atoms. The fourth-order valence-electron chi connectivity index (χ4n) is 2.98. The van der Waals surface area contributed by atoms with E-state index in [4.69, 9.17) is 10.6 Å². The molecule has 2 aliphatic rings. The number of nitrogens with zero attached hydrogens (tertiary/aromatic N) is 3. The van der Waals surface area contributed by atoms with Gasteiger partial charge >= 0.3 is 0 Å². The number of morpholine rings is 1. The summed E-state index contributed by atoms with van der Waals surface area (Å²) in [7, 11) is 0. The van der Waals surface area contributed by atoms with Crippen LogP contribution < -0.4 is 16.2 Å². The van der Waals surface area contributed by atoms with Crippen molar-refractivity contribution in [3.8, 4) is 0 Å². The predicted octanol–water partition coefficient (Wildman–Crippen LogP) is 0.828. The maximum atomic E-state index is 5.82. The van der Waals surface area contributed by atoms with Gasteiger partial charge in [-0.2, -0.15) is 4.98 Å². The molecule has 1 aromatic rings. The number of rotatable bonds is 2. The van der Waals surface area contributed by atoms with Crippen molar-refractivity contribution < 1.29 is 4.74 Å². The topological polar surface area (TPSA) is 76.3 Å². The largest absolute Gasteiger partial charge is 0.374 e. The highest BCUT2D eigenvalue weighted by atomic mass is 16.5. The number of hydrogen-bond acceptors (Lipinski definition) is 6. The Morgan fingerprint density at radius 3 is 3.22 bits per heavy atom. The summed E-state index contributed by atoms with van der Waals surface area (Å²) < 4.78 is 5.82. The highest BCUT2D eigenvalue weighted by molar-refractivity contribution is 5.50. The lowest BCUT2D eigenvalue weighted by Gasteiger charge is -2.39. The second-order valence-electron chi connectivity index (χ2n) is 4.95. The van der Waals surface area contributed by atoms with Crippen molar-refractivity contribution in [3.05, 3.63) is 11.8 Å². The molecule has 6 heteroatoms. The number of hydrazine groups is 1. The van der Waals surface area contributed by atoms with Crippen molar-refractivity contribution in [1.29, 1.82) is 0 Å². The molecule has 0 radical (unpaired) electrons. The number of fused-ring (bicyclic) bond motifs is 1. The van der Waals surface area contributed by atoms with Crippen molar-refractivity contribution in [3.63, 3.8) is 0 Å². The summed E-state index contributed by atoms with van der Waals surface area (Å²) in [4.78, 5) is 11.0. The maximum Gasteiger partial charge on any atom is 0.239 e. The third-order valence-electron chi connectivity index (χ3n) is 3.83. The van der Waals surface area contributed by atoms with Crippen LogP contribution in [0, 0.1) is 6.92 Å². The van der Waals surface area contributed by atoms with E-state index in [0.29, 0.717) is 18.1 Å². The molecule has 1 saturated heterocycles. The van der Waals surface area contributed by atoms with Crippen molar-refractivity contribution >= 4 is 11.8 Å². The van der Waals surface area contributed by atoms with Crippen LogP contribution in [-0.2, 0) is 4.74 Å². The average Bonchev–Trinajstić information content (AvgIpc) is 2.87. The third-order valence-corrected chi connectivity index (χ3v) is 3.83. The van der Waals surface area contributed by atoms with Crippen LogP contribution in [0.4, 0.5) is 11.8 Å². The van der Waals surface area contributed by atoms with Crippen molar-refractivity contribution in [1.82, 2.24) is 9.97 Å². The van der Waals surface area contributed by atoms with E-state index in [1.807, 2.05) is 13.1 Å². The van der Waals surface area contributed by atoms with Crippen LogP contribution in [-0.4, -0.2) is 35.3 Å². The SMILES string of the molecule is Cc1cnc(NN)nc1N1CCOC2CCCC21. The number of ether oxygens (including phenoxy) is 1. The number of aromatic nitrogens is 2. The first-order chi connectivity index (χ1) is 8.79. The lowest BCUT2D eigenvalue weighted by atomic mass is 10.1. The number of nitrogen functional groups attached to an aromatic ring is 1. The Bertz CT molecular complexity index is 438. The lowest BCUT2D eigenvalue weighted by molar-refractivity contribution is 0.0253. The monoisotopic (exact) mass is 249 g/mol. The predicted molar refractivity (Wildman–Crippen MR) is 69.3 cm³/mol. The van der Waals surface area contributed by atoms with Crippen LogP contribution in [0.3, 0.4) is 0 Å². The van der Waals surface area contributed by atoms with Gasteiger partial charge in [0.2, 0.25) is 5.95 Å². The quantitative estimate of drug-likeness (QED) is 0.597. The molecule has 2 fully saturated rings. The van der Waals surface area contributed by atoms with E-state index in [1.165, 1.54) is 12.8 Å². The zero-order valence-corrected chi connectivity index (χ0v) is 10.6. The molecule has 18 heavy (non-hydrogen) atoms. The summed E-state index contributed by atoms with van der Waals surface area (Å²) in [5.41, 5.74) is 3.60. The Balaban J connectivity index is 1.93. The van der Waals surface area contributed by atoms with Crippen molar-refractivity contribution in [2.24, 2.45) is 5.84 Å². The van der Waals surface area contributed by atoms with E-state index in [9.17, 15) is 0 Å². The van der Waals surface area contributed by atoms with E-state index in [1.54, 1.807) is 0 Å². The first kappa shape index (κ1) is 11.7. The van der Waals surface area contributed by atoms with Gasteiger partial charge < -0.3 is 9.64 Å². The molecule has 1 aliphatic heterocycles. The summed E-state index contributed by atoms with van der Waals surface area (Å²) in [6, 6.07) is 0.456. The van der Waals surface area contributed by atoms with E-state index in [2.05, 4.69) is 20.3 Å². The molecule has 2 atom stereocenters. The normalized spacial score (nSPS) is 27.1. The molecule has 1 aliphatic carbocycles. The number of hydrogen-bond donors (Lipinski definition) is 2. The fraction of sp³-hybridized carbons (Fsp3) is 0.667. The smallest absolute Gasteiger partial charge is 0.239 e. The summed E-state index contributed by atoms with van der Waals surface area (Å²) in [6.07, 6.45) is 5.75. The number of nitrogens with one attached hydrogen (secondary N) is 1. The summed E-state index contributed by atoms with van der Waals surface area (Å²) in [6.45, 7) is 3.70. The van der Waals surface area contributed by atoms with Gasteiger partial charge in [-0.3, -0.25) is 5.43 Å². The molecule has 0 bridgehead atoms. The van der Waals surface area contributed by atoms with Gasteiger partial charge in [-0.05, 0) is 26.2 Å². The molecule has 98 valence electrons. The van der Waals surface area contributed by atoms with Crippen molar-refractivity contribution in [2.45, 2.75) is 38.3 Å². The second kappa shape index (κ2) is 4.70. The lowest BCUT2D eigenvalue weighted by Crippen LogP contribution is -2.49. The van der Waals surface area contributed by atoms with E-state index in [-0.39, 0.29) is 0 Å². The van der Waals surface area contributed by atoms with Gasteiger partial charge in [-0.15, -0.1) is 0 Å². The first-order valence-corrected chi connectivity index (χ1v) is 6.48. The Labute approximate surface area is 107 Å². The highest BCUT2D eigenvalue weighted by Gasteiger charge is 2.37. The Morgan fingerprint density at radius 2 is 2.39 bits per heavy atom. The first-order valence-electron chi connectivity index (χ1n) is 6.48. The van der Waals surface area contributed by atoms with E-state index < -0.39 is 0 Å².